The second-order valence-electron chi connectivity index (χ2n) is 10.1. The molecule has 0 unspecified atom stereocenters. The number of hydrogen-bond donors (Lipinski definition) is 2. The lowest BCUT2D eigenvalue weighted by atomic mass is 9.82. The van der Waals surface area contributed by atoms with E-state index in [-0.39, 0.29) is 18.0 Å². The highest BCUT2D eigenvalue weighted by molar-refractivity contribution is 6.76. The van der Waals surface area contributed by atoms with E-state index in [2.05, 4.69) is 40.4 Å². The van der Waals surface area contributed by atoms with Crippen molar-refractivity contribution in [1.29, 1.82) is 0 Å². The van der Waals surface area contributed by atoms with E-state index in [1.54, 1.807) is 6.92 Å². The van der Waals surface area contributed by atoms with Crippen LogP contribution in [-0.2, 0) is 9.47 Å². The zero-order valence-corrected chi connectivity index (χ0v) is 20.2. The van der Waals surface area contributed by atoms with Gasteiger partial charge in [-0.25, -0.2) is 9.59 Å². The van der Waals surface area contributed by atoms with E-state index in [0.717, 1.165) is 12.5 Å². The summed E-state index contributed by atoms with van der Waals surface area (Å²) in [5, 5.41) is 9.85. The van der Waals surface area contributed by atoms with E-state index in [0.29, 0.717) is 31.2 Å². The van der Waals surface area contributed by atoms with Crippen LogP contribution in [0.1, 0.15) is 57.7 Å². The van der Waals surface area contributed by atoms with Gasteiger partial charge in [0.2, 0.25) is 5.89 Å². The van der Waals surface area contributed by atoms with Gasteiger partial charge >= 0.3 is 12.2 Å². The first-order valence-electron chi connectivity index (χ1n) is 10.6. The van der Waals surface area contributed by atoms with Crippen LogP contribution in [0.15, 0.2) is 4.52 Å². The summed E-state index contributed by atoms with van der Waals surface area (Å²) < 4.78 is 15.9. The monoisotopic (exact) mass is 440 g/mol. The summed E-state index contributed by atoms with van der Waals surface area (Å²) >= 11 is 0. The summed E-state index contributed by atoms with van der Waals surface area (Å²) in [5.74, 6) is 1.16. The van der Waals surface area contributed by atoms with Gasteiger partial charge in [0.1, 0.15) is 5.60 Å². The molecule has 1 aromatic heterocycles. The van der Waals surface area contributed by atoms with Gasteiger partial charge in [0.15, 0.2) is 5.82 Å². The largest absolute Gasteiger partial charge is 0.450 e. The zero-order chi connectivity index (χ0) is 22.5. The summed E-state index contributed by atoms with van der Waals surface area (Å²) in [5.41, 5.74) is -0.609. The van der Waals surface area contributed by atoms with Gasteiger partial charge in [-0.05, 0) is 46.1 Å². The number of nitrogens with one attached hydrogen (secondary N) is 2. The molecule has 1 aromatic rings. The number of aromatic nitrogens is 2. The third-order valence-electron chi connectivity index (χ3n) is 4.85. The second kappa shape index (κ2) is 9.80. The molecule has 1 fully saturated rings. The van der Waals surface area contributed by atoms with Gasteiger partial charge in [0.05, 0.1) is 18.7 Å². The molecule has 10 heteroatoms. The molecule has 30 heavy (non-hydrogen) atoms. The van der Waals surface area contributed by atoms with Crippen LogP contribution in [0.25, 0.3) is 0 Å². The molecule has 0 bridgehead atoms. The Morgan fingerprint density at radius 1 is 1.13 bits per heavy atom. The van der Waals surface area contributed by atoms with E-state index in [4.69, 9.17) is 14.0 Å². The van der Waals surface area contributed by atoms with Crippen LogP contribution >= 0.6 is 0 Å². The topological polar surface area (TPSA) is 116 Å². The minimum Gasteiger partial charge on any atom is -0.450 e. The average Bonchev–Trinajstić information content (AvgIpc) is 3.00. The quantitative estimate of drug-likeness (QED) is 0.643. The van der Waals surface area contributed by atoms with Crippen LogP contribution in [0.3, 0.4) is 0 Å². The van der Waals surface area contributed by atoms with Crippen molar-refractivity contribution in [1.82, 2.24) is 20.8 Å². The minimum absolute atomic E-state index is 0.0309. The summed E-state index contributed by atoms with van der Waals surface area (Å²) in [6, 6.07) is 0.312. The smallest absolute Gasteiger partial charge is 0.407 e. The number of ether oxygens (including phenoxy) is 2. The first-order chi connectivity index (χ1) is 13.8. The molecule has 9 nitrogen and oxygen atoms in total. The molecule has 1 heterocycles. The van der Waals surface area contributed by atoms with E-state index in [9.17, 15) is 9.59 Å². The fourth-order valence-electron chi connectivity index (χ4n) is 3.32. The summed E-state index contributed by atoms with van der Waals surface area (Å²) in [6.07, 6.45) is 1.02. The van der Waals surface area contributed by atoms with Crippen LogP contribution in [-0.4, -0.2) is 54.7 Å². The van der Waals surface area contributed by atoms with Gasteiger partial charge in [-0.15, -0.1) is 0 Å². The van der Waals surface area contributed by atoms with E-state index < -0.39 is 25.9 Å². The molecule has 3 atom stereocenters. The number of carbonyl (C=O) groups is 2. The van der Waals surface area contributed by atoms with E-state index >= 15 is 0 Å². The third kappa shape index (κ3) is 8.33. The Morgan fingerprint density at radius 2 is 1.80 bits per heavy atom. The van der Waals surface area contributed by atoms with Gasteiger partial charge in [0.25, 0.3) is 0 Å². The van der Waals surface area contributed by atoms with Gasteiger partial charge in [0, 0.05) is 20.9 Å². The summed E-state index contributed by atoms with van der Waals surface area (Å²) in [7, 11) is -1.28. The number of carbonyl (C=O) groups excluding carboxylic acids is 2. The predicted molar refractivity (Wildman–Crippen MR) is 115 cm³/mol. The van der Waals surface area contributed by atoms with E-state index in [1.165, 1.54) is 0 Å². The number of rotatable bonds is 6. The summed E-state index contributed by atoms with van der Waals surface area (Å²) in [4.78, 5) is 29.0. The zero-order valence-electron chi connectivity index (χ0n) is 19.2. The van der Waals surface area contributed by atoms with Gasteiger partial charge in [-0.2, -0.15) is 4.98 Å². The predicted octanol–water partition coefficient (Wildman–Crippen LogP) is 3.97. The molecule has 0 aliphatic heterocycles. The molecule has 0 saturated heterocycles. The number of nitrogens with zero attached hydrogens (tertiary/aromatic N) is 2. The van der Waals surface area contributed by atoms with Crippen molar-refractivity contribution < 1.29 is 23.6 Å². The Labute approximate surface area is 179 Å². The standard InChI is InChI=1S/C20H36N4O5Si/c1-13-21-17(24-29-13)14-8-9-15(22-18(25)27-10-11-30(5,6)7)16(12-14)23-19(26)28-20(2,3)4/h14-16H,8-12H2,1-7H3,(H,22,25)(H,23,26)/t14-,15-,16+/m0/s1. The van der Waals surface area contributed by atoms with Crippen molar-refractivity contribution in [2.24, 2.45) is 0 Å². The molecule has 2 amide bonds. The molecule has 0 radical (unpaired) electrons. The van der Waals surface area contributed by atoms with Crippen molar-refractivity contribution in [2.75, 3.05) is 6.61 Å². The lowest BCUT2D eigenvalue weighted by Gasteiger charge is -2.36. The molecule has 2 rings (SSSR count). The van der Waals surface area contributed by atoms with Crippen molar-refractivity contribution in [3.63, 3.8) is 0 Å². The maximum Gasteiger partial charge on any atom is 0.407 e. The van der Waals surface area contributed by atoms with E-state index in [1.807, 2.05) is 20.8 Å². The van der Waals surface area contributed by atoms with Crippen LogP contribution in [0.2, 0.25) is 25.7 Å². The Kier molecular flexibility index (Phi) is 7.90. The average molecular weight is 441 g/mol. The van der Waals surface area contributed by atoms with Gasteiger partial charge in [-0.3, -0.25) is 0 Å². The molecule has 2 N–H and O–H groups in total. The number of amides is 2. The van der Waals surface area contributed by atoms with Gasteiger partial charge in [-0.1, -0.05) is 24.8 Å². The highest BCUT2D eigenvalue weighted by Crippen LogP contribution is 2.32. The fourth-order valence-corrected chi connectivity index (χ4v) is 4.03. The number of aryl methyl sites for hydroxylation is 1. The van der Waals surface area contributed by atoms with Crippen molar-refractivity contribution >= 4 is 20.3 Å². The van der Waals surface area contributed by atoms with Crippen LogP contribution in [0.4, 0.5) is 9.59 Å². The lowest BCUT2D eigenvalue weighted by molar-refractivity contribution is 0.0471. The SMILES string of the molecule is Cc1nc([C@H]2CC[C@H](NC(=O)OCC[Si](C)(C)C)[C@H](NC(=O)OC(C)(C)C)C2)no1. The van der Waals surface area contributed by atoms with Crippen LogP contribution in [0, 0.1) is 6.92 Å². The fraction of sp³-hybridized carbons (Fsp3) is 0.800. The van der Waals surface area contributed by atoms with Crippen molar-refractivity contribution in [3.05, 3.63) is 11.7 Å². The molecule has 170 valence electrons. The number of alkyl carbamates (subject to hydrolysis) is 2. The van der Waals surface area contributed by atoms with Crippen LogP contribution < -0.4 is 10.6 Å². The second-order valence-corrected chi connectivity index (χ2v) is 15.8. The Hall–Kier alpha value is -2.10. The highest BCUT2D eigenvalue weighted by atomic mass is 28.3. The third-order valence-corrected chi connectivity index (χ3v) is 6.55. The van der Waals surface area contributed by atoms with Crippen LogP contribution in [0.5, 0.6) is 0 Å². The molecule has 1 aliphatic carbocycles. The molecular weight excluding hydrogens is 404 g/mol. The Balaban J connectivity index is 2.01. The Bertz CT molecular complexity index is 726. The first kappa shape index (κ1) is 24.2. The first-order valence-corrected chi connectivity index (χ1v) is 14.3. The Morgan fingerprint density at radius 3 is 2.37 bits per heavy atom. The normalized spacial score (nSPS) is 22.3. The number of hydrogen-bond acceptors (Lipinski definition) is 7. The highest BCUT2D eigenvalue weighted by Gasteiger charge is 2.36. The van der Waals surface area contributed by atoms with Gasteiger partial charge < -0.3 is 24.6 Å². The molecule has 0 aromatic carbocycles. The molecular formula is C20H36N4O5Si. The molecule has 1 saturated carbocycles. The minimum atomic E-state index is -1.28. The lowest BCUT2D eigenvalue weighted by Crippen LogP contribution is -2.55. The van der Waals surface area contributed by atoms with Crippen molar-refractivity contribution in [2.45, 2.75) is 96.2 Å². The van der Waals surface area contributed by atoms with Crippen molar-refractivity contribution in [3.8, 4) is 0 Å². The summed E-state index contributed by atoms with van der Waals surface area (Å²) in [6.45, 7) is 14.3. The molecule has 1 aliphatic rings. The maximum absolute atomic E-state index is 12.4. The maximum atomic E-state index is 12.4. The molecule has 0 spiro atoms.